The topological polar surface area (TPSA) is 3.24 Å². The Morgan fingerprint density at radius 3 is 1.14 bits per heavy atom. The van der Waals surface area contributed by atoms with Gasteiger partial charge in [-0.05, 0) is 114 Å². The standard InChI is InChI=1S/C68H47N/c1-6-23-48(24-7-1)56-33-16-17-34-57(56)49-41-43-54(44-42-49)69(55-45-46-59-58-35-18-20-37-61(58)68(64(59)47-55,52-29-12-4-13-30-52)53-31-14-5-15-32-53)65-40-22-39-63-66(65)60-36-19-21-38-62(60)67(63,50-25-8-2-9-26-50)51-27-10-3-11-28-51/h1-47H. The zero-order valence-corrected chi connectivity index (χ0v) is 38.1. The normalized spacial score (nSPS) is 13.4. The predicted molar refractivity (Wildman–Crippen MR) is 287 cm³/mol. The van der Waals surface area contributed by atoms with E-state index in [0.717, 1.165) is 17.1 Å². The van der Waals surface area contributed by atoms with Crippen LogP contribution >= 0.6 is 0 Å². The molecule has 2 aliphatic carbocycles. The molecule has 1 heteroatoms. The smallest absolute Gasteiger partial charge is 0.0714 e. The Morgan fingerprint density at radius 1 is 0.232 bits per heavy atom. The maximum absolute atomic E-state index is 2.53. The Balaban J connectivity index is 1.09. The highest BCUT2D eigenvalue weighted by Gasteiger charge is 2.49. The van der Waals surface area contributed by atoms with E-state index in [9.17, 15) is 0 Å². The number of fused-ring (bicyclic) bond motifs is 6. The van der Waals surface area contributed by atoms with Crippen LogP contribution in [0.4, 0.5) is 17.1 Å². The van der Waals surface area contributed by atoms with Crippen LogP contribution in [0.15, 0.2) is 285 Å². The van der Waals surface area contributed by atoms with Crippen molar-refractivity contribution in [3.63, 3.8) is 0 Å². The van der Waals surface area contributed by atoms with Crippen LogP contribution in [0, 0.1) is 0 Å². The van der Waals surface area contributed by atoms with E-state index in [4.69, 9.17) is 0 Å². The van der Waals surface area contributed by atoms with E-state index in [0.29, 0.717) is 0 Å². The molecule has 0 aromatic heterocycles. The van der Waals surface area contributed by atoms with Gasteiger partial charge in [0, 0.05) is 16.9 Å². The molecule has 0 atom stereocenters. The summed E-state index contributed by atoms with van der Waals surface area (Å²) in [6.45, 7) is 0. The van der Waals surface area contributed by atoms with Crippen molar-refractivity contribution in [2.75, 3.05) is 4.90 Å². The minimum Gasteiger partial charge on any atom is -0.310 e. The Bertz CT molecular complexity index is 3560. The molecule has 11 aromatic rings. The number of anilines is 3. The molecular weight excluding hydrogens is 831 g/mol. The Hall–Kier alpha value is -8.78. The van der Waals surface area contributed by atoms with Gasteiger partial charge in [0.15, 0.2) is 0 Å². The van der Waals surface area contributed by atoms with Crippen molar-refractivity contribution < 1.29 is 0 Å². The fourth-order valence-corrected chi connectivity index (χ4v) is 12.1. The lowest BCUT2D eigenvalue weighted by molar-refractivity contribution is 0.768. The van der Waals surface area contributed by atoms with Gasteiger partial charge in [-0.3, -0.25) is 0 Å². The summed E-state index contributed by atoms with van der Waals surface area (Å²) in [5.41, 5.74) is 22.1. The van der Waals surface area contributed by atoms with E-state index in [1.165, 1.54) is 89.0 Å². The molecule has 0 heterocycles. The first kappa shape index (κ1) is 40.5. The minimum absolute atomic E-state index is 0.545. The van der Waals surface area contributed by atoms with E-state index in [2.05, 4.69) is 290 Å². The summed E-state index contributed by atoms with van der Waals surface area (Å²) in [6.07, 6.45) is 0. The first-order chi connectivity index (χ1) is 34.3. The molecule has 0 N–H and O–H groups in total. The largest absolute Gasteiger partial charge is 0.310 e. The van der Waals surface area contributed by atoms with E-state index < -0.39 is 10.8 Å². The molecular formula is C68H47N. The lowest BCUT2D eigenvalue weighted by atomic mass is 9.67. The van der Waals surface area contributed by atoms with Gasteiger partial charge in [-0.25, -0.2) is 0 Å². The molecule has 69 heavy (non-hydrogen) atoms. The summed E-state index contributed by atoms with van der Waals surface area (Å²) in [6, 6.07) is 106. The van der Waals surface area contributed by atoms with Gasteiger partial charge < -0.3 is 4.90 Å². The summed E-state index contributed by atoms with van der Waals surface area (Å²) >= 11 is 0. The number of nitrogens with zero attached hydrogens (tertiary/aromatic N) is 1. The highest BCUT2D eigenvalue weighted by molar-refractivity contribution is 5.99. The van der Waals surface area contributed by atoms with Crippen LogP contribution in [0.3, 0.4) is 0 Å². The molecule has 324 valence electrons. The van der Waals surface area contributed by atoms with Crippen LogP contribution < -0.4 is 4.90 Å². The minimum atomic E-state index is -0.553. The molecule has 0 amide bonds. The second kappa shape index (κ2) is 16.5. The van der Waals surface area contributed by atoms with Crippen molar-refractivity contribution in [1.29, 1.82) is 0 Å². The fourth-order valence-electron chi connectivity index (χ4n) is 12.1. The van der Waals surface area contributed by atoms with Gasteiger partial charge in [-0.1, -0.05) is 255 Å². The average molecular weight is 878 g/mol. The van der Waals surface area contributed by atoms with Crippen LogP contribution in [-0.4, -0.2) is 0 Å². The van der Waals surface area contributed by atoms with E-state index >= 15 is 0 Å². The molecule has 0 aliphatic heterocycles. The van der Waals surface area contributed by atoms with Crippen molar-refractivity contribution in [3.8, 4) is 44.5 Å². The fraction of sp³-hybridized carbons (Fsp3) is 0.0294. The van der Waals surface area contributed by atoms with Crippen LogP contribution in [0.1, 0.15) is 44.5 Å². The van der Waals surface area contributed by atoms with Crippen LogP contribution in [-0.2, 0) is 10.8 Å². The van der Waals surface area contributed by atoms with Gasteiger partial charge >= 0.3 is 0 Å². The third-order valence-corrected chi connectivity index (χ3v) is 14.8. The zero-order valence-electron chi connectivity index (χ0n) is 38.1. The van der Waals surface area contributed by atoms with Crippen LogP contribution in [0.25, 0.3) is 44.5 Å². The summed E-state index contributed by atoms with van der Waals surface area (Å²) in [5, 5.41) is 0. The molecule has 0 fully saturated rings. The first-order valence-electron chi connectivity index (χ1n) is 24.0. The Labute approximate surface area is 404 Å². The predicted octanol–water partition coefficient (Wildman–Crippen LogP) is 17.2. The van der Waals surface area contributed by atoms with Gasteiger partial charge in [0.1, 0.15) is 0 Å². The third kappa shape index (κ3) is 6.17. The Morgan fingerprint density at radius 2 is 0.609 bits per heavy atom. The molecule has 0 spiro atoms. The highest BCUT2D eigenvalue weighted by Crippen LogP contribution is 2.61. The Kier molecular flexibility index (Phi) is 9.70. The summed E-state index contributed by atoms with van der Waals surface area (Å²) in [4.78, 5) is 2.53. The quantitative estimate of drug-likeness (QED) is 0.140. The average Bonchev–Trinajstić information content (AvgIpc) is 3.91. The lowest BCUT2D eigenvalue weighted by Gasteiger charge is -2.35. The van der Waals surface area contributed by atoms with Crippen LogP contribution in [0.5, 0.6) is 0 Å². The van der Waals surface area contributed by atoms with Crippen molar-refractivity contribution in [3.05, 3.63) is 330 Å². The molecule has 0 saturated carbocycles. The second-order valence-electron chi connectivity index (χ2n) is 18.3. The third-order valence-electron chi connectivity index (χ3n) is 14.8. The molecule has 2 aliphatic rings. The molecule has 0 saturated heterocycles. The SMILES string of the molecule is c1ccc(-c2ccccc2-c2ccc(N(c3ccc4c(c3)C(c3ccccc3)(c3ccccc3)c3ccccc3-4)c3cccc4c3-c3ccccc3C4(c3ccccc3)c3ccccc3)cc2)cc1. The van der Waals surface area contributed by atoms with E-state index in [-0.39, 0.29) is 0 Å². The number of hydrogen-bond acceptors (Lipinski definition) is 1. The van der Waals surface area contributed by atoms with Crippen molar-refractivity contribution in [2.45, 2.75) is 10.8 Å². The molecule has 0 radical (unpaired) electrons. The number of rotatable bonds is 9. The molecule has 0 bridgehead atoms. The van der Waals surface area contributed by atoms with E-state index in [1.54, 1.807) is 0 Å². The summed E-state index contributed by atoms with van der Waals surface area (Å²) in [7, 11) is 0. The maximum Gasteiger partial charge on any atom is 0.0714 e. The van der Waals surface area contributed by atoms with Gasteiger partial charge in [0.25, 0.3) is 0 Å². The lowest BCUT2D eigenvalue weighted by Crippen LogP contribution is -2.29. The number of benzene rings is 11. The molecule has 1 nitrogen and oxygen atoms in total. The van der Waals surface area contributed by atoms with Gasteiger partial charge in [-0.15, -0.1) is 0 Å². The second-order valence-corrected chi connectivity index (χ2v) is 18.3. The highest BCUT2D eigenvalue weighted by atomic mass is 15.1. The van der Waals surface area contributed by atoms with Gasteiger partial charge in [0.2, 0.25) is 0 Å². The molecule has 11 aromatic carbocycles. The maximum atomic E-state index is 2.53. The summed E-state index contributed by atoms with van der Waals surface area (Å²) < 4.78 is 0. The monoisotopic (exact) mass is 877 g/mol. The van der Waals surface area contributed by atoms with Gasteiger partial charge in [0.05, 0.1) is 16.5 Å². The first-order valence-corrected chi connectivity index (χ1v) is 24.0. The molecule has 0 unspecified atom stereocenters. The summed E-state index contributed by atoms with van der Waals surface area (Å²) in [5.74, 6) is 0. The number of hydrogen-bond donors (Lipinski definition) is 0. The van der Waals surface area contributed by atoms with Crippen molar-refractivity contribution in [1.82, 2.24) is 0 Å². The molecule has 13 rings (SSSR count). The van der Waals surface area contributed by atoms with Gasteiger partial charge in [-0.2, -0.15) is 0 Å². The van der Waals surface area contributed by atoms with Crippen molar-refractivity contribution >= 4 is 17.1 Å². The zero-order chi connectivity index (χ0) is 45.8. The van der Waals surface area contributed by atoms with Crippen molar-refractivity contribution in [2.24, 2.45) is 0 Å². The van der Waals surface area contributed by atoms with Crippen LogP contribution in [0.2, 0.25) is 0 Å². The van der Waals surface area contributed by atoms with E-state index in [1.807, 2.05) is 0 Å².